The van der Waals surface area contributed by atoms with Crippen LogP contribution in [-0.2, 0) is 5.88 Å². The Morgan fingerprint density at radius 1 is 1.20 bits per heavy atom. The second-order valence-corrected chi connectivity index (χ2v) is 5.43. The number of hydrogen-bond donors (Lipinski definition) is 0. The molecule has 4 heteroatoms. The van der Waals surface area contributed by atoms with E-state index in [1.165, 1.54) is 12.1 Å². The molecule has 0 heterocycles. The summed E-state index contributed by atoms with van der Waals surface area (Å²) in [5, 5.41) is 0.709. The third kappa shape index (κ3) is 3.25. The van der Waals surface area contributed by atoms with E-state index >= 15 is 0 Å². The number of alkyl halides is 1. The number of hydrogen-bond acceptors (Lipinski definition) is 1. The fourth-order valence-electron chi connectivity index (χ4n) is 2.16. The molecular formula is C16H16Cl2FN. The van der Waals surface area contributed by atoms with Gasteiger partial charge in [0.25, 0.3) is 0 Å². The van der Waals surface area contributed by atoms with Gasteiger partial charge in [-0.25, -0.2) is 4.39 Å². The summed E-state index contributed by atoms with van der Waals surface area (Å²) >= 11 is 12.0. The van der Waals surface area contributed by atoms with Gasteiger partial charge < -0.3 is 4.90 Å². The Bertz CT molecular complexity index is 601. The topological polar surface area (TPSA) is 3.24 Å². The molecule has 0 fully saturated rings. The van der Waals surface area contributed by atoms with Crippen LogP contribution >= 0.6 is 23.2 Å². The fraction of sp³-hybridized carbons (Fsp3) is 0.250. The van der Waals surface area contributed by atoms with E-state index in [4.69, 9.17) is 23.2 Å². The van der Waals surface area contributed by atoms with Crippen molar-refractivity contribution in [1.29, 1.82) is 0 Å². The molecule has 1 nitrogen and oxygen atoms in total. The molecule has 0 saturated carbocycles. The highest BCUT2D eigenvalue weighted by atomic mass is 35.5. The largest absolute Gasteiger partial charge is 0.368 e. The van der Waals surface area contributed by atoms with E-state index in [9.17, 15) is 4.39 Å². The summed E-state index contributed by atoms with van der Waals surface area (Å²) in [4.78, 5) is 1.99. The Hall–Kier alpha value is -1.25. The third-order valence-corrected chi connectivity index (χ3v) is 4.09. The summed E-state index contributed by atoms with van der Waals surface area (Å²) in [5.41, 5.74) is 2.56. The summed E-state index contributed by atoms with van der Waals surface area (Å²) in [6.45, 7) is 2.03. The standard InChI is InChI=1S/C16H16Cl2FN/c1-11(15-5-3-4-6-16(15)18)20(2)14-8-12(10-17)7-13(19)9-14/h3-9,11H,10H2,1-2H3. The van der Waals surface area contributed by atoms with E-state index in [0.717, 1.165) is 16.8 Å². The SMILES string of the molecule is CC(c1ccccc1Cl)N(C)c1cc(F)cc(CCl)c1. The molecule has 0 amide bonds. The van der Waals surface area contributed by atoms with Gasteiger partial charge >= 0.3 is 0 Å². The van der Waals surface area contributed by atoms with Gasteiger partial charge in [0, 0.05) is 23.6 Å². The van der Waals surface area contributed by atoms with Crippen molar-refractivity contribution in [2.24, 2.45) is 0 Å². The zero-order valence-corrected chi connectivity index (χ0v) is 12.9. The Labute approximate surface area is 128 Å². The first-order valence-corrected chi connectivity index (χ1v) is 7.27. The molecule has 0 radical (unpaired) electrons. The van der Waals surface area contributed by atoms with Crippen LogP contribution in [0.15, 0.2) is 42.5 Å². The number of nitrogens with zero attached hydrogens (tertiary/aromatic N) is 1. The minimum absolute atomic E-state index is 0.0358. The van der Waals surface area contributed by atoms with E-state index in [-0.39, 0.29) is 11.9 Å². The maximum Gasteiger partial charge on any atom is 0.125 e. The number of halogens is 3. The van der Waals surface area contributed by atoms with Gasteiger partial charge in [-0.2, -0.15) is 0 Å². The summed E-state index contributed by atoms with van der Waals surface area (Å²) in [6, 6.07) is 12.6. The van der Waals surface area contributed by atoms with Gasteiger partial charge in [0.2, 0.25) is 0 Å². The zero-order chi connectivity index (χ0) is 14.7. The van der Waals surface area contributed by atoms with Crippen LogP contribution < -0.4 is 4.90 Å². The molecule has 0 aliphatic rings. The molecule has 0 saturated heterocycles. The van der Waals surface area contributed by atoms with Crippen molar-refractivity contribution in [2.75, 3.05) is 11.9 Å². The summed E-state index contributed by atoms with van der Waals surface area (Å²) < 4.78 is 13.6. The molecule has 2 aromatic carbocycles. The van der Waals surface area contributed by atoms with Crippen LogP contribution in [0, 0.1) is 5.82 Å². The van der Waals surface area contributed by atoms with Gasteiger partial charge in [0.05, 0.1) is 6.04 Å². The molecule has 2 rings (SSSR count). The second-order valence-electron chi connectivity index (χ2n) is 4.76. The molecule has 0 bridgehead atoms. The predicted molar refractivity (Wildman–Crippen MR) is 84.2 cm³/mol. The number of anilines is 1. The fourth-order valence-corrected chi connectivity index (χ4v) is 2.61. The van der Waals surface area contributed by atoms with Gasteiger partial charge in [-0.05, 0) is 42.3 Å². The minimum atomic E-state index is -0.281. The van der Waals surface area contributed by atoms with Crippen LogP contribution in [0.25, 0.3) is 0 Å². The summed E-state index contributed by atoms with van der Waals surface area (Å²) in [5.74, 6) is 0.00960. The molecule has 0 aliphatic carbocycles. The molecule has 106 valence electrons. The van der Waals surface area contributed by atoms with Gasteiger partial charge in [-0.1, -0.05) is 29.8 Å². The first kappa shape index (κ1) is 15.1. The van der Waals surface area contributed by atoms with E-state index in [0.29, 0.717) is 10.9 Å². The van der Waals surface area contributed by atoms with Crippen molar-refractivity contribution in [3.63, 3.8) is 0 Å². The van der Waals surface area contributed by atoms with Crippen LogP contribution in [0.2, 0.25) is 5.02 Å². The van der Waals surface area contributed by atoms with Gasteiger partial charge in [-0.15, -0.1) is 11.6 Å². The van der Waals surface area contributed by atoms with Crippen LogP contribution in [0.4, 0.5) is 10.1 Å². The zero-order valence-electron chi connectivity index (χ0n) is 11.4. The monoisotopic (exact) mass is 311 g/mol. The molecule has 0 spiro atoms. The van der Waals surface area contributed by atoms with Crippen LogP contribution in [0.5, 0.6) is 0 Å². The lowest BCUT2D eigenvalue weighted by Gasteiger charge is -2.28. The van der Waals surface area contributed by atoms with Crippen LogP contribution in [0.1, 0.15) is 24.1 Å². The molecule has 1 atom stereocenters. The quantitative estimate of drug-likeness (QED) is 0.682. The first-order valence-electron chi connectivity index (χ1n) is 6.35. The van der Waals surface area contributed by atoms with Gasteiger partial charge in [0.15, 0.2) is 0 Å². The lowest BCUT2D eigenvalue weighted by molar-refractivity contribution is 0.624. The molecule has 0 N–H and O–H groups in total. The lowest BCUT2D eigenvalue weighted by Crippen LogP contribution is -2.22. The van der Waals surface area contributed by atoms with Crippen molar-refractivity contribution in [3.05, 3.63) is 64.4 Å². The van der Waals surface area contributed by atoms with Crippen LogP contribution in [-0.4, -0.2) is 7.05 Å². The Morgan fingerprint density at radius 2 is 1.90 bits per heavy atom. The van der Waals surface area contributed by atoms with E-state index < -0.39 is 0 Å². The average Bonchev–Trinajstić information content (AvgIpc) is 2.45. The molecule has 2 aromatic rings. The molecular weight excluding hydrogens is 296 g/mol. The Morgan fingerprint density at radius 3 is 2.55 bits per heavy atom. The molecule has 0 aromatic heterocycles. The highest BCUT2D eigenvalue weighted by Gasteiger charge is 2.16. The van der Waals surface area contributed by atoms with Crippen molar-refractivity contribution in [1.82, 2.24) is 0 Å². The van der Waals surface area contributed by atoms with Crippen LogP contribution in [0.3, 0.4) is 0 Å². The van der Waals surface area contributed by atoms with Gasteiger partial charge in [0.1, 0.15) is 5.82 Å². The predicted octanol–water partition coefficient (Wildman–Crippen LogP) is 5.42. The normalized spacial score (nSPS) is 12.2. The maximum absolute atomic E-state index is 13.6. The summed E-state index contributed by atoms with van der Waals surface area (Å²) in [6.07, 6.45) is 0. The lowest BCUT2D eigenvalue weighted by atomic mass is 10.1. The molecule has 1 unspecified atom stereocenters. The highest BCUT2D eigenvalue weighted by molar-refractivity contribution is 6.31. The van der Waals surface area contributed by atoms with Crippen molar-refractivity contribution >= 4 is 28.9 Å². The second kappa shape index (κ2) is 6.47. The third-order valence-electron chi connectivity index (χ3n) is 3.44. The van der Waals surface area contributed by atoms with E-state index in [1.54, 1.807) is 0 Å². The van der Waals surface area contributed by atoms with Gasteiger partial charge in [-0.3, -0.25) is 0 Å². The Balaban J connectivity index is 2.33. The number of benzene rings is 2. The smallest absolute Gasteiger partial charge is 0.125 e. The average molecular weight is 312 g/mol. The van der Waals surface area contributed by atoms with Crippen molar-refractivity contribution in [3.8, 4) is 0 Å². The van der Waals surface area contributed by atoms with E-state index in [1.807, 2.05) is 49.2 Å². The summed E-state index contributed by atoms with van der Waals surface area (Å²) in [7, 11) is 1.92. The highest BCUT2D eigenvalue weighted by Crippen LogP contribution is 2.30. The van der Waals surface area contributed by atoms with Crippen molar-refractivity contribution < 1.29 is 4.39 Å². The minimum Gasteiger partial charge on any atom is -0.368 e. The first-order chi connectivity index (χ1) is 9.52. The molecule has 20 heavy (non-hydrogen) atoms. The maximum atomic E-state index is 13.6. The van der Waals surface area contributed by atoms with Crippen molar-refractivity contribution in [2.45, 2.75) is 18.8 Å². The molecule has 0 aliphatic heterocycles. The Kier molecular flexibility index (Phi) is 4.90. The van der Waals surface area contributed by atoms with E-state index in [2.05, 4.69) is 0 Å². The number of rotatable bonds is 4.